The van der Waals surface area contributed by atoms with Gasteiger partial charge in [0.15, 0.2) is 0 Å². The van der Waals surface area contributed by atoms with Crippen LogP contribution in [0, 0.1) is 0 Å². The van der Waals surface area contributed by atoms with Gasteiger partial charge in [-0.3, -0.25) is 9.42 Å². The van der Waals surface area contributed by atoms with Crippen molar-refractivity contribution in [1.82, 2.24) is 4.90 Å². The monoisotopic (exact) mass is 211 g/mol. The van der Waals surface area contributed by atoms with Gasteiger partial charge in [0.25, 0.3) is 0 Å². The lowest BCUT2D eigenvalue weighted by Crippen LogP contribution is -2.35. The van der Waals surface area contributed by atoms with Crippen LogP contribution in [0.4, 0.5) is 0 Å². The topological polar surface area (TPSA) is 70.0 Å². The Balaban J connectivity index is 3.85. The standard InChI is InChI=1S/C7H18NO4P/c1-4-8(5-2)7(3)6-12-13(9,10)11/h7H,4-6H2,1-3H3,(H2,9,10,11). The third-order valence-corrected chi connectivity index (χ3v) is 2.41. The van der Waals surface area contributed by atoms with Crippen LogP contribution in [-0.4, -0.2) is 40.4 Å². The number of likely N-dealkylation sites (N-methyl/N-ethyl adjacent to an activating group) is 1. The summed E-state index contributed by atoms with van der Waals surface area (Å²) < 4.78 is 14.8. The summed E-state index contributed by atoms with van der Waals surface area (Å²) in [6, 6.07) is 0.0302. The van der Waals surface area contributed by atoms with Crippen molar-refractivity contribution in [3.05, 3.63) is 0 Å². The zero-order valence-corrected chi connectivity index (χ0v) is 9.20. The van der Waals surface area contributed by atoms with Crippen molar-refractivity contribution in [2.75, 3.05) is 19.7 Å². The van der Waals surface area contributed by atoms with Crippen molar-refractivity contribution in [2.24, 2.45) is 0 Å². The number of hydrogen-bond acceptors (Lipinski definition) is 3. The molecule has 0 rings (SSSR count). The molecule has 0 amide bonds. The van der Waals surface area contributed by atoms with E-state index in [4.69, 9.17) is 9.79 Å². The van der Waals surface area contributed by atoms with Crippen molar-refractivity contribution in [1.29, 1.82) is 0 Å². The van der Waals surface area contributed by atoms with Crippen molar-refractivity contribution in [2.45, 2.75) is 26.8 Å². The molecule has 0 aliphatic carbocycles. The summed E-state index contributed by atoms with van der Waals surface area (Å²) in [5.74, 6) is 0. The van der Waals surface area contributed by atoms with Crippen LogP contribution in [0.1, 0.15) is 20.8 Å². The molecule has 0 aliphatic heterocycles. The molecule has 1 unspecified atom stereocenters. The first-order chi connectivity index (χ1) is 5.90. The molecule has 13 heavy (non-hydrogen) atoms. The van der Waals surface area contributed by atoms with Crippen molar-refractivity contribution in [3.63, 3.8) is 0 Å². The van der Waals surface area contributed by atoms with Gasteiger partial charge < -0.3 is 9.79 Å². The third kappa shape index (κ3) is 6.18. The van der Waals surface area contributed by atoms with Crippen LogP contribution in [0.2, 0.25) is 0 Å². The molecule has 0 aromatic rings. The molecule has 6 heteroatoms. The number of hydrogen-bond donors (Lipinski definition) is 2. The molecule has 2 N–H and O–H groups in total. The van der Waals surface area contributed by atoms with Gasteiger partial charge in [0.1, 0.15) is 0 Å². The summed E-state index contributed by atoms with van der Waals surface area (Å²) in [6.45, 7) is 7.63. The highest BCUT2D eigenvalue weighted by Gasteiger charge is 2.18. The Labute approximate surface area is 78.9 Å². The van der Waals surface area contributed by atoms with Crippen molar-refractivity contribution < 1.29 is 18.9 Å². The maximum Gasteiger partial charge on any atom is 0.469 e. The summed E-state index contributed by atoms with van der Waals surface area (Å²) in [7, 11) is -4.31. The summed E-state index contributed by atoms with van der Waals surface area (Å²) in [5.41, 5.74) is 0. The van der Waals surface area contributed by atoms with Crippen LogP contribution in [0.25, 0.3) is 0 Å². The second kappa shape index (κ2) is 5.73. The fourth-order valence-corrected chi connectivity index (χ4v) is 1.57. The minimum Gasteiger partial charge on any atom is -0.303 e. The SMILES string of the molecule is CCN(CC)C(C)COP(=O)(O)O. The van der Waals surface area contributed by atoms with Gasteiger partial charge in [0.05, 0.1) is 6.61 Å². The van der Waals surface area contributed by atoms with E-state index in [-0.39, 0.29) is 12.6 Å². The minimum absolute atomic E-state index is 0.0302. The van der Waals surface area contributed by atoms with E-state index in [0.717, 1.165) is 13.1 Å². The zero-order valence-electron chi connectivity index (χ0n) is 8.30. The molecule has 5 nitrogen and oxygen atoms in total. The molecule has 0 bridgehead atoms. The van der Waals surface area contributed by atoms with E-state index < -0.39 is 7.82 Å². The molecule has 0 fully saturated rings. The molecular weight excluding hydrogens is 193 g/mol. The second-order valence-electron chi connectivity index (χ2n) is 2.86. The van der Waals surface area contributed by atoms with Crippen LogP contribution in [0.15, 0.2) is 0 Å². The molecule has 0 aliphatic rings. The molecule has 0 heterocycles. The second-order valence-corrected chi connectivity index (χ2v) is 4.10. The average molecular weight is 211 g/mol. The predicted octanol–water partition coefficient (Wildman–Crippen LogP) is 0.826. The number of phosphoric acid groups is 1. The molecule has 0 radical (unpaired) electrons. The van der Waals surface area contributed by atoms with Gasteiger partial charge >= 0.3 is 7.82 Å². The van der Waals surface area contributed by atoms with Crippen LogP contribution >= 0.6 is 7.82 Å². The molecule has 1 atom stereocenters. The normalized spacial score (nSPS) is 14.9. The number of phosphoric ester groups is 1. The van der Waals surface area contributed by atoms with Crippen LogP contribution in [0.3, 0.4) is 0 Å². The van der Waals surface area contributed by atoms with E-state index in [0.29, 0.717) is 0 Å². The maximum atomic E-state index is 10.4. The van der Waals surface area contributed by atoms with Crippen LogP contribution in [0.5, 0.6) is 0 Å². The molecule has 0 aromatic carbocycles. The maximum absolute atomic E-state index is 10.4. The summed E-state index contributed by atoms with van der Waals surface area (Å²) in [6.07, 6.45) is 0. The third-order valence-electron chi connectivity index (χ3n) is 1.92. The number of rotatable bonds is 6. The first-order valence-corrected chi connectivity index (χ1v) is 5.87. The lowest BCUT2D eigenvalue weighted by atomic mass is 10.3. The van der Waals surface area contributed by atoms with Gasteiger partial charge in [-0.25, -0.2) is 4.57 Å². The molecule has 0 spiro atoms. The fourth-order valence-electron chi connectivity index (χ4n) is 1.16. The quantitative estimate of drug-likeness (QED) is 0.637. The van der Waals surface area contributed by atoms with Gasteiger partial charge in [-0.1, -0.05) is 13.8 Å². The van der Waals surface area contributed by atoms with Gasteiger partial charge in [-0.15, -0.1) is 0 Å². The van der Waals surface area contributed by atoms with Gasteiger partial charge in [-0.05, 0) is 20.0 Å². The Morgan fingerprint density at radius 3 is 2.15 bits per heavy atom. The van der Waals surface area contributed by atoms with E-state index in [1.54, 1.807) is 0 Å². The van der Waals surface area contributed by atoms with Gasteiger partial charge in [-0.2, -0.15) is 0 Å². The smallest absolute Gasteiger partial charge is 0.303 e. The number of nitrogens with zero attached hydrogens (tertiary/aromatic N) is 1. The Hall–Kier alpha value is 0.0700. The fraction of sp³-hybridized carbons (Fsp3) is 1.00. The van der Waals surface area contributed by atoms with Crippen LogP contribution in [-0.2, 0) is 9.09 Å². The largest absolute Gasteiger partial charge is 0.469 e. The summed E-state index contributed by atoms with van der Waals surface area (Å²) in [4.78, 5) is 19.0. The zero-order chi connectivity index (χ0) is 10.5. The molecule has 0 aromatic heterocycles. The highest BCUT2D eigenvalue weighted by Crippen LogP contribution is 2.35. The Morgan fingerprint density at radius 1 is 1.38 bits per heavy atom. The predicted molar refractivity (Wildman–Crippen MR) is 50.4 cm³/mol. The first kappa shape index (κ1) is 13.1. The molecular formula is C7H18NO4P. The highest BCUT2D eigenvalue weighted by molar-refractivity contribution is 7.46. The highest BCUT2D eigenvalue weighted by atomic mass is 31.2. The lowest BCUT2D eigenvalue weighted by Gasteiger charge is -2.25. The average Bonchev–Trinajstić information content (AvgIpc) is 2.02. The van der Waals surface area contributed by atoms with E-state index in [1.165, 1.54) is 0 Å². The lowest BCUT2D eigenvalue weighted by molar-refractivity contribution is 0.125. The molecule has 0 saturated heterocycles. The first-order valence-electron chi connectivity index (χ1n) is 4.34. The van der Waals surface area contributed by atoms with E-state index in [2.05, 4.69) is 9.42 Å². The Morgan fingerprint density at radius 2 is 1.85 bits per heavy atom. The molecule has 0 saturated carbocycles. The van der Waals surface area contributed by atoms with E-state index >= 15 is 0 Å². The van der Waals surface area contributed by atoms with Crippen LogP contribution < -0.4 is 0 Å². The summed E-state index contributed by atoms with van der Waals surface area (Å²) >= 11 is 0. The van der Waals surface area contributed by atoms with Gasteiger partial charge in [0.2, 0.25) is 0 Å². The van der Waals surface area contributed by atoms with E-state index in [9.17, 15) is 4.57 Å². The van der Waals surface area contributed by atoms with E-state index in [1.807, 2.05) is 20.8 Å². The Kier molecular flexibility index (Phi) is 5.76. The minimum atomic E-state index is -4.31. The van der Waals surface area contributed by atoms with Crippen molar-refractivity contribution >= 4 is 7.82 Å². The van der Waals surface area contributed by atoms with Gasteiger partial charge in [0, 0.05) is 6.04 Å². The summed E-state index contributed by atoms with van der Waals surface area (Å²) in [5, 5.41) is 0. The molecule has 80 valence electrons. The Bertz CT molecular complexity index is 177. The van der Waals surface area contributed by atoms with Crippen molar-refractivity contribution in [3.8, 4) is 0 Å².